The van der Waals surface area contributed by atoms with Gasteiger partial charge in [0.15, 0.2) is 0 Å². The molecule has 0 amide bonds. The molecule has 0 unspecified atom stereocenters. The predicted octanol–water partition coefficient (Wildman–Crippen LogP) is 0.360. The Morgan fingerprint density at radius 3 is 1.83 bits per heavy atom. The molecule has 0 saturated heterocycles. The molecule has 0 heterocycles. The van der Waals surface area contributed by atoms with Crippen LogP contribution in [0, 0.1) is 6.92 Å². The minimum Gasteiger partial charge on any atom is -1.00 e. The van der Waals surface area contributed by atoms with E-state index in [0.717, 1.165) is 6.42 Å². The second kappa shape index (κ2) is 14.3. The number of allylic oxidation sites excluding steroid dienone is 2. The summed E-state index contributed by atoms with van der Waals surface area (Å²) in [5.41, 5.74) is 1.60. The molecule has 0 aliphatic rings. The molecule has 0 aromatic carbocycles. The number of hydrogen-bond donors (Lipinski definition) is 0. The average Bonchev–Trinajstić information content (AvgIpc) is 1.90. The van der Waals surface area contributed by atoms with E-state index in [9.17, 15) is 0 Å². The van der Waals surface area contributed by atoms with Crippen LogP contribution < -0.4 is 12.4 Å². The van der Waals surface area contributed by atoms with Crippen LogP contribution in [-0.4, -0.2) is 23.1 Å². The summed E-state index contributed by atoms with van der Waals surface area (Å²) in [5, 5.41) is 0. The van der Waals surface area contributed by atoms with Gasteiger partial charge in [-0.2, -0.15) is 6.42 Å². The van der Waals surface area contributed by atoms with Crippen molar-refractivity contribution in [3.8, 4) is 0 Å². The molecule has 0 radical (unpaired) electrons. The van der Waals surface area contributed by atoms with Crippen molar-refractivity contribution in [3.63, 3.8) is 0 Å². The molecule has 0 aliphatic heterocycles. The van der Waals surface area contributed by atoms with Crippen LogP contribution in [0.25, 0.3) is 0 Å². The van der Waals surface area contributed by atoms with E-state index in [4.69, 9.17) is 0 Å². The Kier molecular flexibility index (Phi) is 22.2. The minimum atomic E-state index is 0. The Morgan fingerprint density at radius 1 is 1.17 bits per heavy atom. The van der Waals surface area contributed by atoms with Gasteiger partial charge < -0.3 is 19.3 Å². The Hall–Kier alpha value is 0.796. The van der Waals surface area contributed by atoms with Crippen LogP contribution in [0.3, 0.4) is 0 Å². The van der Waals surface area contributed by atoms with Crippen LogP contribution in [0.5, 0.6) is 0 Å². The first-order chi connectivity index (χ1) is 4.85. The normalized spacial score (nSPS) is 7.92. The zero-order chi connectivity index (χ0) is 7.82. The molecular weight excluding hydrogens is 180 g/mol. The molecule has 2 heteroatoms. The molecule has 0 rings (SSSR count). The van der Waals surface area contributed by atoms with E-state index in [0.29, 0.717) is 0 Å². The van der Waals surface area contributed by atoms with Crippen LogP contribution in [-0.2, 0) is 0 Å². The van der Waals surface area contributed by atoms with Crippen molar-refractivity contribution in [3.05, 3.63) is 18.6 Å². The average molecular weight is 199 g/mol. The van der Waals surface area contributed by atoms with E-state index < -0.39 is 0 Å². The molecule has 0 spiro atoms. The van der Waals surface area contributed by atoms with E-state index in [1.807, 2.05) is 0 Å². The quantitative estimate of drug-likeness (QED) is 0.340. The summed E-state index contributed by atoms with van der Waals surface area (Å²) in [4.78, 5) is 0. The van der Waals surface area contributed by atoms with Gasteiger partial charge >= 0.3 is 23.1 Å². The Labute approximate surface area is 99.8 Å². The molecule has 0 atom stereocenters. The summed E-state index contributed by atoms with van der Waals surface area (Å²) in [6.07, 6.45) is 8.30. The van der Waals surface area contributed by atoms with Gasteiger partial charge in [0.25, 0.3) is 0 Å². The molecule has 0 saturated carbocycles. The first-order valence-corrected chi connectivity index (χ1v) is 4.32. The van der Waals surface area contributed by atoms with Gasteiger partial charge in [-0.1, -0.05) is 32.3 Å². The maximum atomic E-state index is 3.81. The molecule has 68 valence electrons. The predicted molar refractivity (Wildman–Crippen MR) is 53.6 cm³/mol. The maximum Gasteiger partial charge on any atom is 2.00 e. The Morgan fingerprint density at radius 2 is 1.58 bits per heavy atom. The molecule has 0 aromatic heterocycles. The van der Waals surface area contributed by atoms with E-state index in [2.05, 4.69) is 26.8 Å². The van der Waals surface area contributed by atoms with E-state index >= 15 is 0 Å². The second-order valence-corrected chi connectivity index (χ2v) is 2.65. The van der Waals surface area contributed by atoms with Crippen LogP contribution in [0.1, 0.15) is 46.0 Å². The van der Waals surface area contributed by atoms with Crippen LogP contribution in [0.4, 0.5) is 0 Å². The molecular formula is C10H19ClMg. The molecule has 0 fully saturated rings. The summed E-state index contributed by atoms with van der Waals surface area (Å²) >= 11 is 0. The largest absolute Gasteiger partial charge is 2.00 e. The summed E-state index contributed by atoms with van der Waals surface area (Å²) < 4.78 is 0. The zero-order valence-electron chi connectivity index (χ0n) is 8.41. The van der Waals surface area contributed by atoms with Crippen molar-refractivity contribution in [2.75, 3.05) is 0 Å². The topological polar surface area (TPSA) is 0 Å². The van der Waals surface area contributed by atoms with E-state index in [1.165, 1.54) is 25.7 Å². The van der Waals surface area contributed by atoms with Gasteiger partial charge in [0.1, 0.15) is 0 Å². The molecule has 12 heavy (non-hydrogen) atoms. The summed E-state index contributed by atoms with van der Waals surface area (Å²) in [5.74, 6) is 0. The SMILES string of the molecule is [CH2-]CC=C(CCC)CCC.[Cl-].[Mg+2]. The van der Waals surface area contributed by atoms with Gasteiger partial charge in [-0.3, -0.25) is 0 Å². The van der Waals surface area contributed by atoms with Gasteiger partial charge in [-0.15, -0.1) is 6.08 Å². The fourth-order valence-corrected chi connectivity index (χ4v) is 1.18. The minimum absolute atomic E-state index is 0. The van der Waals surface area contributed by atoms with Crippen LogP contribution >= 0.6 is 0 Å². The number of rotatable bonds is 5. The zero-order valence-corrected chi connectivity index (χ0v) is 10.6. The Balaban J connectivity index is -0.000000405. The summed E-state index contributed by atoms with van der Waals surface area (Å²) in [6.45, 7) is 8.27. The second-order valence-electron chi connectivity index (χ2n) is 2.65. The van der Waals surface area contributed by atoms with Crippen molar-refractivity contribution in [1.29, 1.82) is 0 Å². The third kappa shape index (κ3) is 10.8. The van der Waals surface area contributed by atoms with Crippen LogP contribution in [0.2, 0.25) is 0 Å². The van der Waals surface area contributed by atoms with Gasteiger partial charge in [-0.05, 0) is 12.8 Å². The standard InChI is InChI=1S/C10H19.ClH.Mg/c1-4-7-10(8-5-2)9-6-3;;/h7H,1,4-6,8-9H2,2-3H3;1H;/q-1;;+2/p-1. The van der Waals surface area contributed by atoms with Gasteiger partial charge in [0, 0.05) is 0 Å². The first-order valence-electron chi connectivity index (χ1n) is 4.32. The summed E-state index contributed by atoms with van der Waals surface area (Å²) in [7, 11) is 0. The maximum absolute atomic E-state index is 3.81. The van der Waals surface area contributed by atoms with Gasteiger partial charge in [0.2, 0.25) is 0 Å². The van der Waals surface area contributed by atoms with Gasteiger partial charge in [-0.25, -0.2) is 0 Å². The number of hydrogen-bond acceptors (Lipinski definition) is 0. The van der Waals surface area contributed by atoms with Crippen molar-refractivity contribution in [2.45, 2.75) is 46.0 Å². The monoisotopic (exact) mass is 198 g/mol. The molecule has 0 aromatic rings. The Bertz CT molecular complexity index is 92.0. The fourth-order valence-electron chi connectivity index (χ4n) is 1.18. The molecule has 0 bridgehead atoms. The van der Waals surface area contributed by atoms with E-state index in [-0.39, 0.29) is 35.5 Å². The van der Waals surface area contributed by atoms with Crippen molar-refractivity contribution < 1.29 is 12.4 Å². The number of halogens is 1. The van der Waals surface area contributed by atoms with Crippen molar-refractivity contribution in [1.82, 2.24) is 0 Å². The molecule has 0 N–H and O–H groups in total. The smallest absolute Gasteiger partial charge is 1.00 e. The molecule has 0 aliphatic carbocycles. The molecule has 0 nitrogen and oxygen atoms in total. The van der Waals surface area contributed by atoms with Crippen molar-refractivity contribution >= 4 is 23.1 Å². The van der Waals surface area contributed by atoms with Crippen LogP contribution in [0.15, 0.2) is 11.6 Å². The van der Waals surface area contributed by atoms with E-state index in [1.54, 1.807) is 5.57 Å². The first kappa shape index (κ1) is 18.6. The van der Waals surface area contributed by atoms with Crippen molar-refractivity contribution in [2.24, 2.45) is 0 Å². The summed E-state index contributed by atoms with van der Waals surface area (Å²) in [6, 6.07) is 0. The fraction of sp³-hybridized carbons (Fsp3) is 0.700. The third-order valence-corrected chi connectivity index (χ3v) is 1.58. The third-order valence-electron chi connectivity index (χ3n) is 1.58. The van der Waals surface area contributed by atoms with Gasteiger partial charge in [0.05, 0.1) is 0 Å².